The third-order valence-corrected chi connectivity index (χ3v) is 8.41. The molecule has 2 amide bonds. The molecule has 1 saturated carbocycles. The van der Waals surface area contributed by atoms with Crippen molar-refractivity contribution in [1.82, 2.24) is 20.0 Å². The van der Waals surface area contributed by atoms with Gasteiger partial charge in [0.05, 0.1) is 12.3 Å². The van der Waals surface area contributed by atoms with E-state index in [1.54, 1.807) is 36.3 Å². The highest BCUT2D eigenvalue weighted by Gasteiger charge is 2.65. The smallest absolute Gasteiger partial charge is 0.254 e. The molecular weight excluding hydrogens is 488 g/mol. The molecule has 1 aromatic heterocycles. The molecule has 0 spiro atoms. The summed E-state index contributed by atoms with van der Waals surface area (Å²) in [5.41, 5.74) is 7.87. The number of benzene rings is 2. The lowest BCUT2D eigenvalue weighted by atomic mass is 10.1. The maximum Gasteiger partial charge on any atom is 0.254 e. The van der Waals surface area contributed by atoms with Gasteiger partial charge in [0.25, 0.3) is 5.91 Å². The molecule has 9 nitrogen and oxygen atoms in total. The first kappa shape index (κ1) is 25.5. The Bertz CT molecular complexity index is 1290. The van der Waals surface area contributed by atoms with Crippen LogP contribution in [0.1, 0.15) is 22.3 Å². The maximum absolute atomic E-state index is 14.6. The Morgan fingerprint density at radius 2 is 1.81 bits per heavy atom. The minimum absolute atomic E-state index is 0.0431. The van der Waals surface area contributed by atoms with Gasteiger partial charge in [-0.05, 0) is 50.2 Å². The molecular formula is C27H32N6O3S. The summed E-state index contributed by atoms with van der Waals surface area (Å²) >= 11 is 1.38. The van der Waals surface area contributed by atoms with E-state index in [9.17, 15) is 9.59 Å². The summed E-state index contributed by atoms with van der Waals surface area (Å²) in [6.45, 7) is 5.96. The molecule has 1 aliphatic heterocycles. The Balaban J connectivity index is 1.56. The van der Waals surface area contributed by atoms with Crippen molar-refractivity contribution in [3.8, 4) is 10.6 Å². The number of hydrogen-bond acceptors (Lipinski definition) is 8. The Morgan fingerprint density at radius 1 is 1.11 bits per heavy atom. The van der Waals surface area contributed by atoms with E-state index in [0.717, 1.165) is 48.7 Å². The van der Waals surface area contributed by atoms with Crippen molar-refractivity contribution in [3.63, 3.8) is 0 Å². The molecule has 2 N–H and O–H groups in total. The summed E-state index contributed by atoms with van der Waals surface area (Å²) in [7, 11) is 3.78. The van der Waals surface area contributed by atoms with Crippen LogP contribution in [0.4, 0.5) is 10.8 Å². The largest absolute Gasteiger partial charge is 0.384 e. The molecule has 3 aromatic rings. The molecule has 0 bridgehead atoms. The molecule has 2 aromatic carbocycles. The van der Waals surface area contributed by atoms with Crippen LogP contribution in [-0.2, 0) is 9.53 Å². The number of rotatable bonds is 8. The summed E-state index contributed by atoms with van der Waals surface area (Å²) in [5.74, 6) is -0.471. The van der Waals surface area contributed by atoms with E-state index in [2.05, 4.69) is 27.0 Å². The fourth-order valence-corrected chi connectivity index (χ4v) is 6.17. The first-order valence-corrected chi connectivity index (χ1v) is 13.2. The zero-order valence-electron chi connectivity index (χ0n) is 21.4. The minimum atomic E-state index is -0.672. The molecule has 2 aliphatic rings. The van der Waals surface area contributed by atoms with E-state index in [4.69, 9.17) is 10.5 Å². The second-order valence-corrected chi connectivity index (χ2v) is 10.8. The number of methoxy groups -OCH3 is 1. The molecule has 0 radical (unpaired) electrons. The Hall–Kier alpha value is -3.18. The number of hydrogen-bond donors (Lipinski definition) is 1. The lowest BCUT2D eigenvalue weighted by Crippen LogP contribution is -2.57. The standard InChI is InChI=1S/C27H32N6O3S/c1-18-6-4-5-7-22(18)24-29-30-26(37-24)33(21-10-8-19(9-11-21)23(28)34)25(35)27(16-20(27)17-36-3)32-14-12-31(2)13-15-32/h4-11,20H,12-17H2,1-3H3,(H2,28,34). The summed E-state index contributed by atoms with van der Waals surface area (Å²) in [6.07, 6.45) is 0.725. The van der Waals surface area contributed by atoms with Gasteiger partial charge in [-0.15, -0.1) is 10.2 Å². The molecule has 1 aliphatic carbocycles. The fourth-order valence-electron chi connectivity index (χ4n) is 5.22. The number of ether oxygens (including phenoxy) is 1. The zero-order valence-corrected chi connectivity index (χ0v) is 22.2. The van der Waals surface area contributed by atoms with Gasteiger partial charge in [-0.1, -0.05) is 35.6 Å². The monoisotopic (exact) mass is 520 g/mol. The van der Waals surface area contributed by atoms with Gasteiger partial charge < -0.3 is 15.4 Å². The van der Waals surface area contributed by atoms with Gasteiger partial charge in [0.1, 0.15) is 10.5 Å². The van der Waals surface area contributed by atoms with Crippen LogP contribution in [0.2, 0.25) is 0 Å². The van der Waals surface area contributed by atoms with E-state index in [1.807, 2.05) is 31.2 Å². The third kappa shape index (κ3) is 4.77. The number of amides is 2. The lowest BCUT2D eigenvalue weighted by Gasteiger charge is -2.40. The normalized spacial score (nSPS) is 22.1. The Labute approximate surface area is 220 Å². The topological polar surface area (TPSA) is 105 Å². The average molecular weight is 521 g/mol. The summed E-state index contributed by atoms with van der Waals surface area (Å²) in [6, 6.07) is 14.8. The number of carbonyl (C=O) groups excluding carboxylic acids is 2. The Morgan fingerprint density at radius 3 is 2.46 bits per heavy atom. The van der Waals surface area contributed by atoms with Crippen molar-refractivity contribution in [2.24, 2.45) is 11.7 Å². The lowest BCUT2D eigenvalue weighted by molar-refractivity contribution is -0.126. The number of anilines is 2. The predicted octanol–water partition coefficient (Wildman–Crippen LogP) is 2.93. The first-order chi connectivity index (χ1) is 17.8. The van der Waals surface area contributed by atoms with Gasteiger partial charge in [-0.25, -0.2) is 0 Å². The Kier molecular flexibility index (Phi) is 7.09. The van der Waals surface area contributed by atoms with Gasteiger partial charge in [0, 0.05) is 50.3 Å². The van der Waals surface area contributed by atoms with Gasteiger partial charge in [-0.2, -0.15) is 0 Å². The quantitative estimate of drug-likeness (QED) is 0.487. The second-order valence-electron chi connectivity index (χ2n) is 9.83. The molecule has 5 rings (SSSR count). The van der Waals surface area contributed by atoms with E-state index in [1.165, 1.54) is 11.3 Å². The number of nitrogens with two attached hydrogens (primary N) is 1. The SMILES string of the molecule is COCC1CC1(C(=O)N(c1ccc(C(N)=O)cc1)c1nnc(-c2ccccc2C)s1)N1CCN(C)CC1. The maximum atomic E-state index is 14.6. The molecule has 2 unspecified atom stereocenters. The highest BCUT2D eigenvalue weighted by Crippen LogP contribution is 2.52. The number of nitrogens with zero attached hydrogens (tertiary/aromatic N) is 5. The molecule has 2 fully saturated rings. The van der Waals surface area contributed by atoms with E-state index in [0.29, 0.717) is 23.0 Å². The zero-order chi connectivity index (χ0) is 26.2. The van der Waals surface area contributed by atoms with Crippen molar-refractivity contribution in [1.29, 1.82) is 0 Å². The van der Waals surface area contributed by atoms with E-state index < -0.39 is 11.4 Å². The number of primary amides is 1. The fraction of sp³-hybridized carbons (Fsp3) is 0.407. The molecule has 37 heavy (non-hydrogen) atoms. The van der Waals surface area contributed by atoms with E-state index >= 15 is 0 Å². The summed E-state index contributed by atoms with van der Waals surface area (Å²) in [4.78, 5) is 32.5. The number of carbonyl (C=O) groups is 2. The second kappa shape index (κ2) is 10.3. The molecule has 10 heteroatoms. The van der Waals surface area contributed by atoms with Gasteiger partial charge in [0.2, 0.25) is 11.0 Å². The van der Waals surface area contributed by atoms with Gasteiger partial charge in [0.15, 0.2) is 0 Å². The highest BCUT2D eigenvalue weighted by atomic mass is 32.1. The number of piperazine rings is 1. The van der Waals surface area contributed by atoms with Crippen molar-refractivity contribution >= 4 is 34.0 Å². The third-order valence-electron chi connectivity index (χ3n) is 7.47. The van der Waals surface area contributed by atoms with Crippen LogP contribution in [0, 0.1) is 12.8 Å². The van der Waals surface area contributed by atoms with Crippen molar-refractivity contribution in [2.75, 3.05) is 51.8 Å². The summed E-state index contributed by atoms with van der Waals surface area (Å²) < 4.78 is 5.51. The summed E-state index contributed by atoms with van der Waals surface area (Å²) in [5, 5.41) is 10.2. The average Bonchev–Trinajstić information content (AvgIpc) is 3.42. The van der Waals surface area contributed by atoms with Crippen LogP contribution in [0.3, 0.4) is 0 Å². The van der Waals surface area contributed by atoms with Gasteiger partial charge >= 0.3 is 0 Å². The van der Waals surface area contributed by atoms with E-state index in [-0.39, 0.29) is 11.8 Å². The minimum Gasteiger partial charge on any atom is -0.384 e. The first-order valence-electron chi connectivity index (χ1n) is 12.4. The van der Waals surface area contributed by atoms with Gasteiger partial charge in [-0.3, -0.25) is 19.4 Å². The molecule has 1 saturated heterocycles. The van der Waals surface area contributed by atoms with Crippen LogP contribution in [0.5, 0.6) is 0 Å². The van der Waals surface area contributed by atoms with Crippen molar-refractivity contribution in [2.45, 2.75) is 18.9 Å². The predicted molar refractivity (Wildman–Crippen MR) is 144 cm³/mol. The van der Waals surface area contributed by atoms with Crippen molar-refractivity contribution < 1.29 is 14.3 Å². The number of aromatic nitrogens is 2. The number of aryl methyl sites for hydroxylation is 1. The molecule has 2 heterocycles. The highest BCUT2D eigenvalue weighted by molar-refractivity contribution is 7.18. The van der Waals surface area contributed by atoms with Crippen LogP contribution >= 0.6 is 11.3 Å². The number of likely N-dealkylation sites (N-methyl/N-ethyl adjacent to an activating group) is 1. The molecule has 194 valence electrons. The van der Waals surface area contributed by atoms with Crippen LogP contribution in [0.25, 0.3) is 10.6 Å². The van der Waals surface area contributed by atoms with Crippen LogP contribution in [0.15, 0.2) is 48.5 Å². The van der Waals surface area contributed by atoms with Crippen LogP contribution in [-0.4, -0.2) is 84.3 Å². The van der Waals surface area contributed by atoms with Crippen molar-refractivity contribution in [3.05, 3.63) is 59.7 Å². The molecule has 2 atom stereocenters. The van der Waals surface area contributed by atoms with Crippen LogP contribution < -0.4 is 10.6 Å².